The molecular formula is C16H21NO2. The summed E-state index contributed by atoms with van der Waals surface area (Å²) in [5, 5.41) is 3.46. The van der Waals surface area contributed by atoms with Gasteiger partial charge in [0, 0.05) is 6.04 Å². The number of nitrogens with one attached hydrogen (secondary N) is 1. The fraction of sp³-hybridized carbons (Fsp3) is 0.375. The zero-order valence-corrected chi connectivity index (χ0v) is 11.6. The molecule has 0 radical (unpaired) electrons. The minimum atomic E-state index is 0.465. The lowest BCUT2D eigenvalue weighted by atomic mass is 10.1. The van der Waals surface area contributed by atoms with E-state index in [1.807, 2.05) is 24.3 Å². The first-order chi connectivity index (χ1) is 9.28. The average Bonchev–Trinajstić information content (AvgIpc) is 2.96. The smallest absolute Gasteiger partial charge is 0.118 e. The van der Waals surface area contributed by atoms with E-state index in [1.54, 1.807) is 13.4 Å². The van der Waals surface area contributed by atoms with Crippen LogP contribution in [0.2, 0.25) is 0 Å². The molecule has 1 aromatic heterocycles. The first-order valence-corrected chi connectivity index (χ1v) is 6.66. The summed E-state index contributed by atoms with van der Waals surface area (Å²) >= 11 is 0. The van der Waals surface area contributed by atoms with Gasteiger partial charge in [-0.25, -0.2) is 0 Å². The molecule has 2 rings (SSSR count). The lowest BCUT2D eigenvalue weighted by Crippen LogP contribution is -2.25. The molecule has 0 fully saturated rings. The lowest BCUT2D eigenvalue weighted by Gasteiger charge is -2.12. The van der Waals surface area contributed by atoms with E-state index in [9.17, 15) is 0 Å². The van der Waals surface area contributed by atoms with E-state index in [4.69, 9.17) is 9.15 Å². The van der Waals surface area contributed by atoms with E-state index in [0.29, 0.717) is 6.04 Å². The van der Waals surface area contributed by atoms with Crippen molar-refractivity contribution in [3.05, 3.63) is 54.0 Å². The normalized spacial score (nSPS) is 12.3. The molecule has 1 aromatic carbocycles. The molecule has 0 spiro atoms. The van der Waals surface area contributed by atoms with Gasteiger partial charge in [0.15, 0.2) is 0 Å². The number of aryl methyl sites for hydroxylation is 1. The van der Waals surface area contributed by atoms with Crippen molar-refractivity contribution in [2.75, 3.05) is 7.11 Å². The number of ether oxygens (including phenoxy) is 1. The first-order valence-electron chi connectivity index (χ1n) is 6.66. The van der Waals surface area contributed by atoms with Gasteiger partial charge in [0.2, 0.25) is 0 Å². The lowest BCUT2D eigenvalue weighted by molar-refractivity contribution is 0.414. The second-order valence-electron chi connectivity index (χ2n) is 4.75. The van der Waals surface area contributed by atoms with Crippen LogP contribution < -0.4 is 10.1 Å². The van der Waals surface area contributed by atoms with Crippen LogP contribution in [0.1, 0.15) is 24.7 Å². The molecule has 0 aliphatic rings. The summed E-state index contributed by atoms with van der Waals surface area (Å²) in [4.78, 5) is 0. The Kier molecular flexibility index (Phi) is 5.04. The molecule has 0 saturated heterocycles. The summed E-state index contributed by atoms with van der Waals surface area (Å²) in [6.07, 6.45) is 3.88. The Morgan fingerprint density at radius 2 is 2.00 bits per heavy atom. The third-order valence-electron chi connectivity index (χ3n) is 3.23. The maximum absolute atomic E-state index is 5.30. The third-order valence-corrected chi connectivity index (χ3v) is 3.23. The standard InChI is InChI=1S/C16H21NO2/c1-13(17-12-16-4-3-11-19-16)5-6-14-7-9-15(18-2)10-8-14/h3-4,7-11,13,17H,5-6,12H2,1-2H3/t13-/m0/s1. The molecule has 1 N–H and O–H groups in total. The fourth-order valence-electron chi connectivity index (χ4n) is 1.97. The van der Waals surface area contributed by atoms with Crippen molar-refractivity contribution in [3.8, 4) is 5.75 Å². The number of rotatable bonds is 7. The number of hydrogen-bond donors (Lipinski definition) is 1. The van der Waals surface area contributed by atoms with Crippen molar-refractivity contribution in [2.24, 2.45) is 0 Å². The predicted octanol–water partition coefficient (Wildman–Crippen LogP) is 3.40. The minimum absolute atomic E-state index is 0.465. The number of furan rings is 1. The topological polar surface area (TPSA) is 34.4 Å². The van der Waals surface area contributed by atoms with E-state index >= 15 is 0 Å². The molecule has 1 atom stereocenters. The Labute approximate surface area is 114 Å². The van der Waals surface area contributed by atoms with Gasteiger partial charge in [-0.15, -0.1) is 0 Å². The molecule has 19 heavy (non-hydrogen) atoms. The maximum atomic E-state index is 5.30. The van der Waals surface area contributed by atoms with Crippen LogP contribution in [0.25, 0.3) is 0 Å². The van der Waals surface area contributed by atoms with Gasteiger partial charge in [-0.05, 0) is 49.6 Å². The number of hydrogen-bond acceptors (Lipinski definition) is 3. The fourth-order valence-corrected chi connectivity index (χ4v) is 1.97. The average molecular weight is 259 g/mol. The second kappa shape index (κ2) is 7.00. The second-order valence-corrected chi connectivity index (χ2v) is 4.75. The Morgan fingerprint density at radius 1 is 1.21 bits per heavy atom. The Balaban J connectivity index is 1.71. The largest absolute Gasteiger partial charge is 0.497 e. The summed E-state index contributed by atoms with van der Waals surface area (Å²) < 4.78 is 10.4. The predicted molar refractivity (Wildman–Crippen MR) is 76.3 cm³/mol. The highest BCUT2D eigenvalue weighted by Crippen LogP contribution is 2.13. The summed E-state index contributed by atoms with van der Waals surface area (Å²) in [5.41, 5.74) is 1.34. The van der Waals surface area contributed by atoms with Crippen molar-refractivity contribution < 1.29 is 9.15 Å². The summed E-state index contributed by atoms with van der Waals surface area (Å²) in [6, 6.07) is 12.6. The molecular weight excluding hydrogens is 238 g/mol. The van der Waals surface area contributed by atoms with Crippen molar-refractivity contribution in [2.45, 2.75) is 32.4 Å². The van der Waals surface area contributed by atoms with E-state index in [1.165, 1.54) is 5.56 Å². The molecule has 0 aliphatic carbocycles. The third kappa shape index (κ3) is 4.45. The van der Waals surface area contributed by atoms with Gasteiger partial charge in [0.05, 0.1) is 19.9 Å². The summed E-state index contributed by atoms with van der Waals surface area (Å²) in [6.45, 7) is 2.99. The number of methoxy groups -OCH3 is 1. The van der Waals surface area contributed by atoms with Crippen molar-refractivity contribution >= 4 is 0 Å². The molecule has 0 aliphatic heterocycles. The summed E-state index contributed by atoms with van der Waals surface area (Å²) in [7, 11) is 1.69. The zero-order valence-electron chi connectivity index (χ0n) is 11.6. The molecule has 0 unspecified atom stereocenters. The van der Waals surface area contributed by atoms with E-state index < -0.39 is 0 Å². The van der Waals surface area contributed by atoms with Crippen molar-refractivity contribution in [3.63, 3.8) is 0 Å². The van der Waals surface area contributed by atoms with Crippen molar-refractivity contribution in [1.82, 2.24) is 5.32 Å². The van der Waals surface area contributed by atoms with Gasteiger partial charge in [-0.1, -0.05) is 12.1 Å². The van der Waals surface area contributed by atoms with E-state index in [0.717, 1.165) is 30.9 Å². The van der Waals surface area contributed by atoms with Crippen LogP contribution in [-0.2, 0) is 13.0 Å². The highest BCUT2D eigenvalue weighted by molar-refractivity contribution is 5.27. The summed E-state index contributed by atoms with van der Waals surface area (Å²) in [5.74, 6) is 1.89. The van der Waals surface area contributed by atoms with Crippen LogP contribution in [0.15, 0.2) is 47.1 Å². The van der Waals surface area contributed by atoms with Gasteiger partial charge < -0.3 is 14.5 Å². The Morgan fingerprint density at radius 3 is 2.63 bits per heavy atom. The SMILES string of the molecule is COc1ccc(CC[C@H](C)NCc2ccco2)cc1. The quantitative estimate of drug-likeness (QED) is 0.827. The molecule has 1 heterocycles. The van der Waals surface area contributed by atoms with Gasteiger partial charge >= 0.3 is 0 Å². The Hall–Kier alpha value is -1.74. The molecule has 0 amide bonds. The highest BCUT2D eigenvalue weighted by Gasteiger charge is 2.03. The molecule has 0 bridgehead atoms. The van der Waals surface area contributed by atoms with Crippen LogP contribution in [0.3, 0.4) is 0 Å². The highest BCUT2D eigenvalue weighted by atomic mass is 16.5. The van der Waals surface area contributed by atoms with E-state index in [2.05, 4.69) is 24.4 Å². The molecule has 3 nitrogen and oxygen atoms in total. The molecule has 3 heteroatoms. The molecule has 102 valence electrons. The van der Waals surface area contributed by atoms with Crippen molar-refractivity contribution in [1.29, 1.82) is 0 Å². The molecule has 2 aromatic rings. The Bertz CT molecular complexity index is 462. The van der Waals surface area contributed by atoms with Crippen LogP contribution in [-0.4, -0.2) is 13.2 Å². The number of benzene rings is 1. The monoisotopic (exact) mass is 259 g/mol. The maximum Gasteiger partial charge on any atom is 0.118 e. The van der Waals surface area contributed by atoms with Gasteiger partial charge in [-0.3, -0.25) is 0 Å². The van der Waals surface area contributed by atoms with Crippen LogP contribution in [0.4, 0.5) is 0 Å². The van der Waals surface area contributed by atoms with Crippen LogP contribution in [0, 0.1) is 0 Å². The van der Waals surface area contributed by atoms with Gasteiger partial charge in [-0.2, -0.15) is 0 Å². The van der Waals surface area contributed by atoms with Crippen LogP contribution >= 0.6 is 0 Å². The molecule has 0 saturated carbocycles. The first kappa shape index (κ1) is 13.7. The minimum Gasteiger partial charge on any atom is -0.497 e. The zero-order chi connectivity index (χ0) is 13.5. The van der Waals surface area contributed by atoms with Gasteiger partial charge in [0.25, 0.3) is 0 Å². The van der Waals surface area contributed by atoms with Gasteiger partial charge in [0.1, 0.15) is 11.5 Å². The van der Waals surface area contributed by atoms with Crippen LogP contribution in [0.5, 0.6) is 5.75 Å². The van der Waals surface area contributed by atoms with E-state index in [-0.39, 0.29) is 0 Å².